The van der Waals surface area contributed by atoms with Crippen molar-refractivity contribution in [2.45, 2.75) is 0 Å². The number of hydrogen-bond acceptors (Lipinski definition) is 6. The number of aromatic hydroxyl groups is 1. The molecular weight excluding hydrogens is 356 g/mol. The quantitative estimate of drug-likeness (QED) is 0.504. The number of nitrogens with one attached hydrogen (secondary N) is 1. The number of halogens is 1. The van der Waals surface area contributed by atoms with Crippen LogP contribution in [0.2, 0.25) is 5.02 Å². The Balaban J connectivity index is 1.68. The van der Waals surface area contributed by atoms with Crippen LogP contribution in [0.5, 0.6) is 5.75 Å². The fourth-order valence-corrected chi connectivity index (χ4v) is 3.14. The molecule has 5 nitrogen and oxygen atoms in total. The summed E-state index contributed by atoms with van der Waals surface area (Å²) < 4.78 is 0. The van der Waals surface area contributed by atoms with Gasteiger partial charge in [-0.15, -0.1) is 0 Å². The average molecular weight is 373 g/mol. The molecule has 25 heavy (non-hydrogen) atoms. The Hall–Kier alpha value is -2.57. The smallest absolute Gasteiger partial charge is 0.203 e. The maximum atomic E-state index is 9.95. The molecule has 0 aliphatic heterocycles. The normalized spacial score (nSPS) is 11.0. The Morgan fingerprint density at radius 2 is 1.96 bits per heavy atom. The van der Waals surface area contributed by atoms with Crippen molar-refractivity contribution in [1.82, 2.24) is 4.98 Å². The number of thiazole rings is 1. The van der Waals surface area contributed by atoms with E-state index >= 15 is 0 Å². The second-order valence-electron chi connectivity index (χ2n) is 5.55. The third kappa shape index (κ3) is 4.29. The van der Waals surface area contributed by atoms with E-state index in [4.69, 9.17) is 11.6 Å². The van der Waals surface area contributed by atoms with Crippen molar-refractivity contribution in [3.05, 3.63) is 59.2 Å². The van der Waals surface area contributed by atoms with Gasteiger partial charge in [0.15, 0.2) is 0 Å². The van der Waals surface area contributed by atoms with E-state index in [2.05, 4.69) is 15.5 Å². The van der Waals surface area contributed by atoms with Crippen molar-refractivity contribution in [3.8, 4) is 16.2 Å². The Bertz CT molecular complexity index is 890. The molecule has 0 fully saturated rings. The van der Waals surface area contributed by atoms with Crippen LogP contribution in [0, 0.1) is 0 Å². The summed E-state index contributed by atoms with van der Waals surface area (Å²) in [5.74, 6) is 0.170. The van der Waals surface area contributed by atoms with Crippen LogP contribution in [0.4, 0.5) is 10.8 Å². The summed E-state index contributed by atoms with van der Waals surface area (Å²) in [5.41, 5.74) is 5.68. The van der Waals surface area contributed by atoms with E-state index < -0.39 is 0 Å². The van der Waals surface area contributed by atoms with E-state index in [9.17, 15) is 5.11 Å². The van der Waals surface area contributed by atoms with Crippen LogP contribution in [0.1, 0.15) is 5.56 Å². The van der Waals surface area contributed by atoms with Gasteiger partial charge in [-0.3, -0.25) is 5.43 Å². The number of nitrogens with zero attached hydrogens (tertiary/aromatic N) is 3. The predicted octanol–water partition coefficient (Wildman–Crippen LogP) is 4.68. The molecule has 2 N–H and O–H groups in total. The fraction of sp³-hybridized carbons (Fsp3) is 0.111. The summed E-state index contributed by atoms with van der Waals surface area (Å²) in [4.78, 5) is 7.12. The molecule has 2 aromatic carbocycles. The molecule has 0 amide bonds. The molecule has 0 bridgehead atoms. The van der Waals surface area contributed by atoms with E-state index in [-0.39, 0.29) is 5.75 Å². The van der Waals surface area contributed by atoms with Crippen molar-refractivity contribution in [2.75, 3.05) is 24.4 Å². The Morgan fingerprint density at radius 3 is 2.68 bits per heavy atom. The third-order valence-corrected chi connectivity index (χ3v) is 4.68. The SMILES string of the molecule is CN(C)c1ccc(/C=N\Nc2ncc(-c3cc(Cl)ccc3O)s2)cc1. The number of benzene rings is 2. The average Bonchev–Trinajstić information content (AvgIpc) is 3.06. The highest BCUT2D eigenvalue weighted by molar-refractivity contribution is 7.18. The summed E-state index contributed by atoms with van der Waals surface area (Å²) in [5, 5.41) is 15.4. The topological polar surface area (TPSA) is 60.8 Å². The number of phenols is 1. The van der Waals surface area contributed by atoms with Crippen LogP contribution >= 0.6 is 22.9 Å². The van der Waals surface area contributed by atoms with Crippen molar-refractivity contribution in [2.24, 2.45) is 5.10 Å². The van der Waals surface area contributed by atoms with Gasteiger partial charge in [-0.25, -0.2) is 4.98 Å². The lowest BCUT2D eigenvalue weighted by molar-refractivity contribution is 0.477. The van der Waals surface area contributed by atoms with Crippen molar-refractivity contribution >= 4 is 40.0 Å². The number of rotatable bonds is 5. The monoisotopic (exact) mass is 372 g/mol. The van der Waals surface area contributed by atoms with Crippen molar-refractivity contribution in [3.63, 3.8) is 0 Å². The molecule has 7 heteroatoms. The minimum absolute atomic E-state index is 0.170. The van der Waals surface area contributed by atoms with Crippen LogP contribution in [0.15, 0.2) is 53.8 Å². The number of phenolic OH excluding ortho intramolecular Hbond substituents is 1. The summed E-state index contributed by atoms with van der Waals surface area (Å²) >= 11 is 7.38. The number of anilines is 2. The van der Waals surface area contributed by atoms with Crippen molar-refractivity contribution < 1.29 is 5.11 Å². The molecule has 0 saturated heterocycles. The first-order valence-electron chi connectivity index (χ1n) is 7.54. The van der Waals surface area contributed by atoms with Gasteiger partial charge < -0.3 is 10.0 Å². The molecule has 0 aliphatic carbocycles. The van der Waals surface area contributed by atoms with Crippen LogP contribution in [0.25, 0.3) is 10.4 Å². The molecule has 3 aromatic rings. The molecule has 1 aromatic heterocycles. The van der Waals surface area contributed by atoms with Crippen LogP contribution < -0.4 is 10.3 Å². The molecule has 3 rings (SSSR count). The Morgan fingerprint density at radius 1 is 1.20 bits per heavy atom. The van der Waals surface area contributed by atoms with Gasteiger partial charge in [0, 0.05) is 36.6 Å². The number of hydrogen-bond donors (Lipinski definition) is 2. The first-order valence-corrected chi connectivity index (χ1v) is 8.73. The fourth-order valence-electron chi connectivity index (χ4n) is 2.18. The summed E-state index contributed by atoms with van der Waals surface area (Å²) in [7, 11) is 4.00. The lowest BCUT2D eigenvalue weighted by Crippen LogP contribution is -2.08. The molecule has 128 valence electrons. The first-order chi connectivity index (χ1) is 12.0. The number of aromatic nitrogens is 1. The highest BCUT2D eigenvalue weighted by Gasteiger charge is 2.09. The molecule has 0 radical (unpaired) electrons. The first kappa shape index (κ1) is 17.3. The van der Waals surface area contributed by atoms with E-state index in [0.717, 1.165) is 16.1 Å². The van der Waals surface area contributed by atoms with Gasteiger partial charge in [0.25, 0.3) is 0 Å². The lowest BCUT2D eigenvalue weighted by atomic mass is 10.2. The minimum Gasteiger partial charge on any atom is -0.507 e. The Labute approximate surface area is 155 Å². The van der Waals surface area contributed by atoms with Gasteiger partial charge in [0.05, 0.1) is 11.1 Å². The van der Waals surface area contributed by atoms with E-state index in [1.807, 2.05) is 43.3 Å². The second-order valence-corrected chi connectivity index (χ2v) is 7.01. The standard InChI is InChI=1S/C18H17ClN4OS/c1-23(2)14-6-3-12(4-7-14)10-21-22-18-20-11-17(25-18)15-9-13(19)5-8-16(15)24/h3-11,24H,1-2H3,(H,20,22)/b21-10-. The predicted molar refractivity (Wildman–Crippen MR) is 106 cm³/mol. The highest BCUT2D eigenvalue weighted by atomic mass is 35.5. The van der Waals surface area contributed by atoms with Crippen LogP contribution in [-0.4, -0.2) is 30.4 Å². The van der Waals surface area contributed by atoms with Crippen LogP contribution in [-0.2, 0) is 0 Å². The zero-order valence-electron chi connectivity index (χ0n) is 13.8. The highest BCUT2D eigenvalue weighted by Crippen LogP contribution is 2.36. The zero-order chi connectivity index (χ0) is 17.8. The largest absolute Gasteiger partial charge is 0.507 e. The van der Waals surface area contributed by atoms with E-state index in [0.29, 0.717) is 15.7 Å². The van der Waals surface area contributed by atoms with Gasteiger partial charge in [-0.2, -0.15) is 5.10 Å². The minimum atomic E-state index is 0.170. The van der Waals surface area contributed by atoms with Gasteiger partial charge >= 0.3 is 0 Å². The number of hydrazone groups is 1. The third-order valence-electron chi connectivity index (χ3n) is 3.51. The second kappa shape index (κ2) is 7.55. The summed E-state index contributed by atoms with van der Waals surface area (Å²) in [6.07, 6.45) is 3.41. The maximum absolute atomic E-state index is 9.95. The molecule has 0 unspecified atom stereocenters. The molecule has 0 saturated carbocycles. The maximum Gasteiger partial charge on any atom is 0.203 e. The van der Waals surface area contributed by atoms with E-state index in [1.165, 1.54) is 11.3 Å². The van der Waals surface area contributed by atoms with Crippen molar-refractivity contribution in [1.29, 1.82) is 0 Å². The molecule has 0 aliphatic rings. The molecule has 0 atom stereocenters. The van der Waals surface area contributed by atoms with Gasteiger partial charge in [0.2, 0.25) is 5.13 Å². The zero-order valence-corrected chi connectivity index (χ0v) is 15.3. The van der Waals surface area contributed by atoms with Gasteiger partial charge in [-0.05, 0) is 35.9 Å². The summed E-state index contributed by atoms with van der Waals surface area (Å²) in [6.45, 7) is 0. The van der Waals surface area contributed by atoms with Gasteiger partial charge in [-0.1, -0.05) is 35.1 Å². The Kier molecular flexibility index (Phi) is 5.21. The van der Waals surface area contributed by atoms with E-state index in [1.54, 1.807) is 30.6 Å². The van der Waals surface area contributed by atoms with Crippen LogP contribution in [0.3, 0.4) is 0 Å². The molecular formula is C18H17ClN4OS. The lowest BCUT2D eigenvalue weighted by Gasteiger charge is -2.11. The molecule has 0 spiro atoms. The molecule has 1 heterocycles. The summed E-state index contributed by atoms with van der Waals surface area (Å²) in [6, 6.07) is 13.0. The van der Waals surface area contributed by atoms with Gasteiger partial charge in [0.1, 0.15) is 5.75 Å².